The highest BCUT2D eigenvalue weighted by atomic mass is 16.6. The van der Waals surface area contributed by atoms with Crippen LogP contribution in [0.15, 0.2) is 47.1 Å². The lowest BCUT2D eigenvalue weighted by atomic mass is 10.1. The summed E-state index contributed by atoms with van der Waals surface area (Å²) in [5.74, 6) is 0. The Labute approximate surface area is 153 Å². The predicted molar refractivity (Wildman–Crippen MR) is 101 cm³/mol. The number of nitrogens with zero attached hydrogens (tertiary/aromatic N) is 4. The van der Waals surface area contributed by atoms with Crippen LogP contribution in [0.4, 0.5) is 0 Å². The molecular weight excluding hydrogens is 324 g/mol. The van der Waals surface area contributed by atoms with Gasteiger partial charge in [-0.25, -0.2) is 4.63 Å². The van der Waals surface area contributed by atoms with Crippen molar-refractivity contribution in [2.24, 2.45) is 0 Å². The normalized spacial score (nSPS) is 19.7. The second-order valence-electron chi connectivity index (χ2n) is 7.55. The van der Waals surface area contributed by atoms with Gasteiger partial charge in [-0.2, -0.15) is 0 Å². The molecule has 3 aromatic rings. The van der Waals surface area contributed by atoms with E-state index in [0.29, 0.717) is 6.04 Å². The van der Waals surface area contributed by atoms with Crippen molar-refractivity contribution >= 4 is 11.0 Å². The molecule has 1 saturated heterocycles. The van der Waals surface area contributed by atoms with Gasteiger partial charge in [0.1, 0.15) is 11.0 Å². The fraction of sp³-hybridized carbons (Fsp3) is 0.429. The molecule has 134 valence electrons. The Morgan fingerprint density at radius 3 is 2.58 bits per heavy atom. The van der Waals surface area contributed by atoms with E-state index < -0.39 is 0 Å². The maximum absolute atomic E-state index is 4.91. The molecule has 0 spiro atoms. The quantitative estimate of drug-likeness (QED) is 0.728. The molecule has 2 heterocycles. The average Bonchev–Trinajstić information content (AvgIpc) is 3.25. The molecule has 0 unspecified atom stereocenters. The summed E-state index contributed by atoms with van der Waals surface area (Å²) in [5, 5.41) is 8.05. The second-order valence-corrected chi connectivity index (χ2v) is 7.55. The molecule has 5 heteroatoms. The number of hydrogen-bond donors (Lipinski definition) is 0. The van der Waals surface area contributed by atoms with E-state index in [9.17, 15) is 0 Å². The topological polar surface area (TPSA) is 45.4 Å². The summed E-state index contributed by atoms with van der Waals surface area (Å²) in [7, 11) is 0. The zero-order chi connectivity index (χ0) is 17.3. The summed E-state index contributed by atoms with van der Waals surface area (Å²) in [5.41, 5.74) is 6.06. The van der Waals surface area contributed by atoms with E-state index in [0.717, 1.165) is 37.2 Å². The van der Waals surface area contributed by atoms with Crippen LogP contribution in [0.25, 0.3) is 11.0 Å². The van der Waals surface area contributed by atoms with Gasteiger partial charge in [0, 0.05) is 25.7 Å². The van der Waals surface area contributed by atoms with Crippen molar-refractivity contribution in [1.82, 2.24) is 20.1 Å². The van der Waals surface area contributed by atoms with Gasteiger partial charge in [-0.15, -0.1) is 0 Å². The first-order chi connectivity index (χ1) is 12.9. The predicted octanol–water partition coefficient (Wildman–Crippen LogP) is 2.90. The van der Waals surface area contributed by atoms with Crippen molar-refractivity contribution < 1.29 is 4.63 Å². The standard InChI is InChI=1S/C21H24N4O/c1-2-6-17-14-19(13-16(17)5-1)25-10-4-9-24(11-12-25)15-18-7-3-8-20-21(18)23-26-22-20/h1-3,5-8,19H,4,9-15H2. The van der Waals surface area contributed by atoms with Crippen molar-refractivity contribution in [2.75, 3.05) is 26.2 Å². The average molecular weight is 348 g/mol. The minimum Gasteiger partial charge on any atom is -0.298 e. The molecule has 0 N–H and O–H groups in total. The Bertz CT molecular complexity index is 881. The second kappa shape index (κ2) is 6.82. The van der Waals surface area contributed by atoms with Gasteiger partial charge in [0.25, 0.3) is 0 Å². The summed E-state index contributed by atoms with van der Waals surface area (Å²) in [6, 6.07) is 15.8. The van der Waals surface area contributed by atoms with E-state index in [1.165, 1.54) is 31.4 Å². The van der Waals surface area contributed by atoms with Crippen LogP contribution in [-0.2, 0) is 19.4 Å². The SMILES string of the molecule is c1ccc2c(c1)CC(N1CCCN(Cc3cccc4nonc34)CC1)C2. The Hall–Kier alpha value is -2.24. The van der Waals surface area contributed by atoms with Crippen LogP contribution in [0, 0.1) is 0 Å². The minimum atomic E-state index is 0.676. The summed E-state index contributed by atoms with van der Waals surface area (Å²) < 4.78 is 4.91. The van der Waals surface area contributed by atoms with Crippen LogP contribution in [0.5, 0.6) is 0 Å². The molecule has 5 nitrogen and oxygen atoms in total. The van der Waals surface area contributed by atoms with E-state index in [1.807, 2.05) is 12.1 Å². The van der Waals surface area contributed by atoms with Gasteiger partial charge in [-0.3, -0.25) is 9.80 Å². The van der Waals surface area contributed by atoms with Crippen molar-refractivity contribution in [3.63, 3.8) is 0 Å². The van der Waals surface area contributed by atoms with E-state index in [2.05, 4.69) is 50.4 Å². The largest absolute Gasteiger partial charge is 0.298 e. The van der Waals surface area contributed by atoms with Gasteiger partial charge in [-0.1, -0.05) is 36.4 Å². The minimum absolute atomic E-state index is 0.676. The van der Waals surface area contributed by atoms with Crippen molar-refractivity contribution in [1.29, 1.82) is 0 Å². The van der Waals surface area contributed by atoms with Crippen molar-refractivity contribution in [2.45, 2.75) is 31.8 Å². The van der Waals surface area contributed by atoms with Crippen LogP contribution in [0.3, 0.4) is 0 Å². The molecular formula is C21H24N4O. The number of hydrogen-bond acceptors (Lipinski definition) is 5. The monoisotopic (exact) mass is 348 g/mol. The fourth-order valence-electron chi connectivity index (χ4n) is 4.54. The number of benzene rings is 2. The first-order valence-corrected chi connectivity index (χ1v) is 9.60. The van der Waals surface area contributed by atoms with Crippen LogP contribution < -0.4 is 0 Å². The van der Waals surface area contributed by atoms with E-state index in [1.54, 1.807) is 11.1 Å². The smallest absolute Gasteiger partial charge is 0.139 e. The molecule has 0 atom stereocenters. The highest BCUT2D eigenvalue weighted by Crippen LogP contribution is 2.26. The van der Waals surface area contributed by atoms with Crippen molar-refractivity contribution in [3.05, 3.63) is 59.2 Å². The number of rotatable bonds is 3. The maximum atomic E-state index is 4.91. The molecule has 2 aromatic carbocycles. The molecule has 1 aromatic heterocycles. The molecule has 0 saturated carbocycles. The molecule has 5 rings (SSSR count). The van der Waals surface area contributed by atoms with Crippen molar-refractivity contribution in [3.8, 4) is 0 Å². The van der Waals surface area contributed by atoms with Gasteiger partial charge < -0.3 is 0 Å². The molecule has 26 heavy (non-hydrogen) atoms. The van der Waals surface area contributed by atoms with Crippen LogP contribution in [-0.4, -0.2) is 52.3 Å². The van der Waals surface area contributed by atoms with E-state index >= 15 is 0 Å². The van der Waals surface area contributed by atoms with E-state index in [-0.39, 0.29) is 0 Å². The highest BCUT2D eigenvalue weighted by Gasteiger charge is 2.28. The Balaban J connectivity index is 1.24. The lowest BCUT2D eigenvalue weighted by molar-refractivity contribution is 0.201. The lowest BCUT2D eigenvalue weighted by Gasteiger charge is -2.27. The zero-order valence-electron chi connectivity index (χ0n) is 15.0. The Morgan fingerprint density at radius 2 is 1.73 bits per heavy atom. The van der Waals surface area contributed by atoms with Crippen LogP contribution >= 0.6 is 0 Å². The third-order valence-corrected chi connectivity index (χ3v) is 5.93. The highest BCUT2D eigenvalue weighted by molar-refractivity contribution is 5.76. The van der Waals surface area contributed by atoms with Crippen LogP contribution in [0.1, 0.15) is 23.1 Å². The number of aromatic nitrogens is 2. The fourth-order valence-corrected chi connectivity index (χ4v) is 4.54. The summed E-state index contributed by atoms with van der Waals surface area (Å²) in [4.78, 5) is 5.25. The molecule has 0 amide bonds. The van der Waals surface area contributed by atoms with E-state index in [4.69, 9.17) is 4.63 Å². The lowest BCUT2D eigenvalue weighted by Crippen LogP contribution is -2.38. The molecule has 2 aliphatic rings. The zero-order valence-corrected chi connectivity index (χ0v) is 15.0. The third kappa shape index (κ3) is 3.02. The first-order valence-electron chi connectivity index (χ1n) is 9.60. The summed E-state index contributed by atoms with van der Waals surface area (Å²) >= 11 is 0. The maximum Gasteiger partial charge on any atom is 0.139 e. The summed E-state index contributed by atoms with van der Waals surface area (Å²) in [6.45, 7) is 5.51. The number of fused-ring (bicyclic) bond motifs is 2. The van der Waals surface area contributed by atoms with Gasteiger partial charge in [0.15, 0.2) is 0 Å². The first kappa shape index (κ1) is 16.0. The molecule has 1 aliphatic carbocycles. The molecule has 1 fully saturated rings. The molecule has 0 bridgehead atoms. The van der Waals surface area contributed by atoms with Crippen LogP contribution in [0.2, 0.25) is 0 Å². The van der Waals surface area contributed by atoms with Gasteiger partial charge in [0.2, 0.25) is 0 Å². The van der Waals surface area contributed by atoms with Gasteiger partial charge >= 0.3 is 0 Å². The van der Waals surface area contributed by atoms with Gasteiger partial charge in [-0.05, 0) is 65.4 Å². The Morgan fingerprint density at radius 1 is 0.885 bits per heavy atom. The molecule has 1 aliphatic heterocycles. The summed E-state index contributed by atoms with van der Waals surface area (Å²) in [6.07, 6.45) is 3.64. The third-order valence-electron chi connectivity index (χ3n) is 5.93. The molecule has 0 radical (unpaired) electrons. The van der Waals surface area contributed by atoms with Gasteiger partial charge in [0.05, 0.1) is 0 Å². The Kier molecular flexibility index (Phi) is 4.19.